The SMILES string of the molecule is CC1CN(S(=O)(=O)c2ccc(C(=O)Nc3ccccc3-c3cccs3)cc2)CC(C)O1. The summed E-state index contributed by atoms with van der Waals surface area (Å²) in [5.41, 5.74) is 2.05. The average molecular weight is 457 g/mol. The zero-order valence-corrected chi connectivity index (χ0v) is 18.9. The van der Waals surface area contributed by atoms with Gasteiger partial charge in [0, 0.05) is 34.8 Å². The van der Waals surface area contributed by atoms with Crippen molar-refractivity contribution in [1.29, 1.82) is 0 Å². The van der Waals surface area contributed by atoms with Crippen LogP contribution in [0.25, 0.3) is 10.4 Å². The summed E-state index contributed by atoms with van der Waals surface area (Å²) in [5.74, 6) is -0.290. The van der Waals surface area contributed by atoms with Crippen LogP contribution in [-0.4, -0.2) is 43.9 Å². The molecule has 31 heavy (non-hydrogen) atoms. The molecule has 2 unspecified atom stereocenters. The molecule has 8 heteroatoms. The summed E-state index contributed by atoms with van der Waals surface area (Å²) in [6, 6.07) is 17.6. The van der Waals surface area contributed by atoms with E-state index in [1.807, 2.05) is 55.6 Å². The zero-order valence-electron chi connectivity index (χ0n) is 17.3. The van der Waals surface area contributed by atoms with Crippen LogP contribution in [0.3, 0.4) is 0 Å². The van der Waals surface area contributed by atoms with Crippen molar-refractivity contribution >= 4 is 33.0 Å². The number of thiophene rings is 1. The maximum absolute atomic E-state index is 13.0. The summed E-state index contributed by atoms with van der Waals surface area (Å²) < 4.78 is 33.1. The topological polar surface area (TPSA) is 75.7 Å². The van der Waals surface area contributed by atoms with E-state index in [4.69, 9.17) is 4.74 Å². The molecule has 1 amide bonds. The number of carbonyl (C=O) groups excluding carboxylic acids is 1. The number of nitrogens with zero attached hydrogens (tertiary/aromatic N) is 1. The predicted molar refractivity (Wildman–Crippen MR) is 123 cm³/mol. The Labute approximate surface area is 186 Å². The number of ether oxygens (including phenoxy) is 1. The molecule has 1 aromatic heterocycles. The standard InChI is InChI=1S/C23H24N2O4S2/c1-16-14-25(15-17(2)29-16)31(27,28)19-11-9-18(10-12-19)23(26)24-21-7-4-3-6-20(21)22-8-5-13-30-22/h3-13,16-17H,14-15H2,1-2H3,(H,24,26). The average Bonchev–Trinajstić information content (AvgIpc) is 3.28. The van der Waals surface area contributed by atoms with Gasteiger partial charge in [0.25, 0.3) is 5.91 Å². The third-order valence-corrected chi connectivity index (χ3v) is 7.85. The van der Waals surface area contributed by atoms with Crippen LogP contribution in [0, 0.1) is 0 Å². The fraction of sp³-hybridized carbons (Fsp3) is 0.261. The van der Waals surface area contributed by atoms with Gasteiger partial charge in [-0.2, -0.15) is 4.31 Å². The van der Waals surface area contributed by atoms with E-state index in [1.165, 1.54) is 16.4 Å². The van der Waals surface area contributed by atoms with Gasteiger partial charge in [0.2, 0.25) is 10.0 Å². The minimum absolute atomic E-state index is 0.160. The number of amides is 1. The zero-order chi connectivity index (χ0) is 22.0. The minimum atomic E-state index is -3.64. The predicted octanol–water partition coefficient (Wildman–Crippen LogP) is 4.47. The maximum atomic E-state index is 13.0. The Kier molecular flexibility index (Phi) is 6.24. The molecule has 2 heterocycles. The third kappa shape index (κ3) is 4.72. The Bertz CT molecular complexity index is 1150. The van der Waals surface area contributed by atoms with E-state index in [9.17, 15) is 13.2 Å². The van der Waals surface area contributed by atoms with Crippen LogP contribution >= 0.6 is 11.3 Å². The molecule has 1 N–H and O–H groups in total. The second-order valence-corrected chi connectivity index (χ2v) is 10.5. The first-order chi connectivity index (χ1) is 14.8. The lowest BCUT2D eigenvalue weighted by Crippen LogP contribution is -2.48. The first kappa shape index (κ1) is 21.7. The Morgan fingerprint density at radius 1 is 1.00 bits per heavy atom. The van der Waals surface area contributed by atoms with Crippen LogP contribution in [0.2, 0.25) is 0 Å². The maximum Gasteiger partial charge on any atom is 0.255 e. The lowest BCUT2D eigenvalue weighted by atomic mass is 10.1. The van der Waals surface area contributed by atoms with Crippen molar-refractivity contribution in [3.8, 4) is 10.4 Å². The lowest BCUT2D eigenvalue weighted by molar-refractivity contribution is -0.0440. The molecule has 2 atom stereocenters. The van der Waals surface area contributed by atoms with Crippen molar-refractivity contribution in [2.75, 3.05) is 18.4 Å². The van der Waals surface area contributed by atoms with E-state index in [0.717, 1.165) is 10.4 Å². The van der Waals surface area contributed by atoms with Gasteiger partial charge in [0.15, 0.2) is 0 Å². The molecule has 0 radical (unpaired) electrons. The molecule has 0 bridgehead atoms. The highest BCUT2D eigenvalue weighted by Gasteiger charge is 2.32. The highest BCUT2D eigenvalue weighted by atomic mass is 32.2. The fourth-order valence-electron chi connectivity index (χ4n) is 3.69. The van der Waals surface area contributed by atoms with E-state index >= 15 is 0 Å². The lowest BCUT2D eigenvalue weighted by Gasteiger charge is -2.34. The van der Waals surface area contributed by atoms with Gasteiger partial charge in [0.1, 0.15) is 0 Å². The number of rotatable bonds is 5. The number of nitrogens with one attached hydrogen (secondary N) is 1. The quantitative estimate of drug-likeness (QED) is 0.615. The summed E-state index contributed by atoms with van der Waals surface area (Å²) in [7, 11) is -3.64. The molecular formula is C23H24N2O4S2. The molecule has 0 aliphatic carbocycles. The van der Waals surface area contributed by atoms with Gasteiger partial charge in [-0.25, -0.2) is 8.42 Å². The molecule has 0 spiro atoms. The number of sulfonamides is 1. The van der Waals surface area contributed by atoms with Gasteiger partial charge in [-0.15, -0.1) is 11.3 Å². The molecule has 4 rings (SSSR count). The Morgan fingerprint density at radius 3 is 2.32 bits per heavy atom. The monoisotopic (exact) mass is 456 g/mol. The van der Waals surface area contributed by atoms with E-state index in [0.29, 0.717) is 24.3 Å². The number of morpholine rings is 1. The van der Waals surface area contributed by atoms with Gasteiger partial charge in [-0.05, 0) is 55.6 Å². The molecule has 3 aromatic rings. The first-order valence-electron chi connectivity index (χ1n) is 10.0. The molecule has 0 saturated carbocycles. The minimum Gasteiger partial charge on any atom is -0.373 e. The smallest absolute Gasteiger partial charge is 0.255 e. The van der Waals surface area contributed by atoms with Crippen LogP contribution < -0.4 is 5.32 Å². The van der Waals surface area contributed by atoms with Crippen LogP contribution in [0.15, 0.2) is 70.9 Å². The molecule has 1 fully saturated rings. The number of para-hydroxylation sites is 1. The Balaban J connectivity index is 1.52. The highest BCUT2D eigenvalue weighted by Crippen LogP contribution is 2.31. The number of benzene rings is 2. The van der Waals surface area contributed by atoms with Gasteiger partial charge in [-0.1, -0.05) is 24.3 Å². The normalized spacial score (nSPS) is 19.8. The second kappa shape index (κ2) is 8.92. The molecule has 6 nitrogen and oxygen atoms in total. The van der Waals surface area contributed by atoms with Crippen molar-refractivity contribution in [1.82, 2.24) is 4.31 Å². The summed E-state index contributed by atoms with van der Waals surface area (Å²) in [4.78, 5) is 14.0. The molecule has 1 aliphatic heterocycles. The first-order valence-corrected chi connectivity index (χ1v) is 12.4. The van der Waals surface area contributed by atoms with Crippen molar-refractivity contribution in [2.45, 2.75) is 31.0 Å². The van der Waals surface area contributed by atoms with Crippen molar-refractivity contribution in [2.24, 2.45) is 0 Å². The van der Waals surface area contributed by atoms with Crippen molar-refractivity contribution < 1.29 is 17.9 Å². The number of hydrogen-bond acceptors (Lipinski definition) is 5. The second-order valence-electron chi connectivity index (χ2n) is 7.58. The molecular weight excluding hydrogens is 432 g/mol. The van der Waals surface area contributed by atoms with Gasteiger partial charge in [-0.3, -0.25) is 4.79 Å². The third-order valence-electron chi connectivity index (χ3n) is 5.10. The van der Waals surface area contributed by atoms with Crippen molar-refractivity contribution in [3.63, 3.8) is 0 Å². The molecule has 1 saturated heterocycles. The van der Waals surface area contributed by atoms with E-state index in [-0.39, 0.29) is 23.0 Å². The molecule has 162 valence electrons. The van der Waals surface area contributed by atoms with E-state index in [1.54, 1.807) is 23.5 Å². The summed E-state index contributed by atoms with van der Waals surface area (Å²) >= 11 is 1.60. The highest BCUT2D eigenvalue weighted by molar-refractivity contribution is 7.89. The van der Waals surface area contributed by atoms with Crippen molar-refractivity contribution in [3.05, 3.63) is 71.6 Å². The van der Waals surface area contributed by atoms with Gasteiger partial charge in [0.05, 0.1) is 17.1 Å². The summed E-state index contributed by atoms with van der Waals surface area (Å²) in [6.45, 7) is 4.35. The summed E-state index contributed by atoms with van der Waals surface area (Å²) in [6.07, 6.45) is -0.320. The van der Waals surface area contributed by atoms with Crippen LogP contribution in [0.1, 0.15) is 24.2 Å². The van der Waals surface area contributed by atoms with Gasteiger partial charge < -0.3 is 10.1 Å². The molecule has 2 aromatic carbocycles. The number of anilines is 1. The Hall–Kier alpha value is -2.52. The largest absolute Gasteiger partial charge is 0.373 e. The number of hydrogen-bond donors (Lipinski definition) is 1. The van der Waals surface area contributed by atoms with Crippen LogP contribution in [-0.2, 0) is 14.8 Å². The fourth-order valence-corrected chi connectivity index (χ4v) is 6.04. The van der Waals surface area contributed by atoms with Gasteiger partial charge >= 0.3 is 0 Å². The van der Waals surface area contributed by atoms with E-state index < -0.39 is 10.0 Å². The Morgan fingerprint density at radius 2 is 1.68 bits per heavy atom. The van der Waals surface area contributed by atoms with Crippen LogP contribution in [0.5, 0.6) is 0 Å². The van der Waals surface area contributed by atoms with Crippen LogP contribution in [0.4, 0.5) is 5.69 Å². The molecule has 1 aliphatic rings. The number of carbonyl (C=O) groups is 1. The summed E-state index contributed by atoms with van der Waals surface area (Å²) in [5, 5.41) is 4.93. The van der Waals surface area contributed by atoms with E-state index in [2.05, 4.69) is 5.32 Å².